The van der Waals surface area contributed by atoms with E-state index in [-0.39, 0.29) is 11.8 Å². The molecule has 0 aliphatic heterocycles. The van der Waals surface area contributed by atoms with Crippen molar-refractivity contribution < 1.29 is 4.79 Å². The quantitative estimate of drug-likeness (QED) is 0.656. The first-order valence-electron chi connectivity index (χ1n) is 7.33. The average Bonchev–Trinajstić information content (AvgIpc) is 2.52. The van der Waals surface area contributed by atoms with Crippen LogP contribution < -0.4 is 5.43 Å². The van der Waals surface area contributed by atoms with Crippen LogP contribution in [0.2, 0.25) is 0 Å². The molecule has 0 heterocycles. The van der Waals surface area contributed by atoms with E-state index in [0.29, 0.717) is 0 Å². The molecule has 0 unspecified atom stereocenters. The number of hydrogen-bond donors (Lipinski definition) is 1. The van der Waals surface area contributed by atoms with Gasteiger partial charge < -0.3 is 0 Å². The summed E-state index contributed by atoms with van der Waals surface area (Å²) in [7, 11) is 0. The van der Waals surface area contributed by atoms with E-state index in [1.54, 1.807) is 0 Å². The third-order valence-corrected chi connectivity index (χ3v) is 3.63. The van der Waals surface area contributed by atoms with E-state index in [2.05, 4.69) is 10.5 Å². The number of rotatable bonds is 4. The second-order valence-corrected chi connectivity index (χ2v) is 5.31. The largest absolute Gasteiger partial charge is 0.273 e. The van der Waals surface area contributed by atoms with E-state index in [1.165, 1.54) is 6.42 Å². The Hall–Kier alpha value is -1.90. The van der Waals surface area contributed by atoms with Crippen LogP contribution in [0, 0.1) is 5.92 Å². The van der Waals surface area contributed by atoms with Crippen LogP contribution in [0.25, 0.3) is 6.08 Å². The zero-order chi connectivity index (χ0) is 14.2. The van der Waals surface area contributed by atoms with Crippen molar-refractivity contribution in [1.29, 1.82) is 0 Å². The van der Waals surface area contributed by atoms with E-state index in [1.807, 2.05) is 49.4 Å². The molecular formula is C17H22N2O. The first kappa shape index (κ1) is 14.5. The highest BCUT2D eigenvalue weighted by molar-refractivity contribution is 5.97. The van der Waals surface area contributed by atoms with Gasteiger partial charge in [-0.25, -0.2) is 5.43 Å². The molecule has 0 spiro atoms. The number of nitrogens with zero attached hydrogens (tertiary/aromatic N) is 1. The maximum absolute atomic E-state index is 11.9. The molecule has 3 heteroatoms. The Bertz CT molecular complexity index is 485. The van der Waals surface area contributed by atoms with Crippen molar-refractivity contribution in [3.05, 3.63) is 42.0 Å². The van der Waals surface area contributed by atoms with Gasteiger partial charge in [-0.1, -0.05) is 55.7 Å². The standard InChI is InChI=1S/C17H22N2O/c1-14(12-13-15-8-4-2-5-9-15)18-19-17(20)16-10-6-3-7-11-16/h2,4-5,8-9,12-13,16H,3,6-7,10-11H2,1H3,(H,19,20)/b13-12+,18-14+. The Morgan fingerprint density at radius 2 is 1.90 bits per heavy atom. The van der Waals surface area contributed by atoms with Gasteiger partial charge in [-0.05, 0) is 31.4 Å². The lowest BCUT2D eigenvalue weighted by molar-refractivity contribution is -0.125. The molecule has 0 aromatic heterocycles. The fraction of sp³-hybridized carbons (Fsp3) is 0.412. The Kier molecular flexibility index (Phi) is 5.54. The molecule has 1 aromatic rings. The molecule has 0 radical (unpaired) electrons. The van der Waals surface area contributed by atoms with Gasteiger partial charge in [0.05, 0.1) is 5.71 Å². The van der Waals surface area contributed by atoms with Crippen LogP contribution in [-0.2, 0) is 4.79 Å². The Balaban J connectivity index is 1.84. The van der Waals surface area contributed by atoms with Gasteiger partial charge in [-0.2, -0.15) is 5.10 Å². The summed E-state index contributed by atoms with van der Waals surface area (Å²) in [5.41, 5.74) is 4.62. The smallest absolute Gasteiger partial charge is 0.243 e. The molecule has 1 aromatic carbocycles. The lowest BCUT2D eigenvalue weighted by atomic mass is 9.89. The molecule has 20 heavy (non-hydrogen) atoms. The summed E-state index contributed by atoms with van der Waals surface area (Å²) in [4.78, 5) is 11.9. The van der Waals surface area contributed by atoms with Crippen LogP contribution in [-0.4, -0.2) is 11.6 Å². The maximum Gasteiger partial charge on any atom is 0.243 e. The lowest BCUT2D eigenvalue weighted by Crippen LogP contribution is -2.28. The Morgan fingerprint density at radius 3 is 2.60 bits per heavy atom. The van der Waals surface area contributed by atoms with Crippen molar-refractivity contribution >= 4 is 17.7 Å². The molecule has 106 valence electrons. The first-order chi connectivity index (χ1) is 9.75. The molecule has 0 atom stereocenters. The monoisotopic (exact) mass is 270 g/mol. The summed E-state index contributed by atoms with van der Waals surface area (Å²) in [5.74, 6) is 0.218. The van der Waals surface area contributed by atoms with E-state index in [9.17, 15) is 4.79 Å². The van der Waals surface area contributed by atoms with E-state index in [4.69, 9.17) is 0 Å². The second kappa shape index (κ2) is 7.63. The number of hydrazone groups is 1. The molecule has 1 N–H and O–H groups in total. The fourth-order valence-electron chi connectivity index (χ4n) is 2.42. The number of carbonyl (C=O) groups excluding carboxylic acids is 1. The van der Waals surface area contributed by atoms with Crippen LogP contribution in [0.5, 0.6) is 0 Å². The zero-order valence-corrected chi connectivity index (χ0v) is 12.0. The van der Waals surface area contributed by atoms with Crippen molar-refractivity contribution in [2.75, 3.05) is 0 Å². The number of hydrogen-bond acceptors (Lipinski definition) is 2. The molecule has 0 bridgehead atoms. The Morgan fingerprint density at radius 1 is 1.20 bits per heavy atom. The number of nitrogens with one attached hydrogen (secondary N) is 1. The van der Waals surface area contributed by atoms with Gasteiger partial charge in [0.15, 0.2) is 0 Å². The topological polar surface area (TPSA) is 41.5 Å². The molecule has 2 rings (SSSR count). The molecule has 1 aliphatic carbocycles. The molecule has 1 fully saturated rings. The van der Waals surface area contributed by atoms with Gasteiger partial charge in [-0.3, -0.25) is 4.79 Å². The van der Waals surface area contributed by atoms with Gasteiger partial charge in [0, 0.05) is 5.92 Å². The summed E-state index contributed by atoms with van der Waals surface area (Å²) >= 11 is 0. The van der Waals surface area contributed by atoms with Crippen molar-refractivity contribution in [2.24, 2.45) is 11.0 Å². The van der Waals surface area contributed by atoms with Gasteiger partial charge in [0.2, 0.25) is 5.91 Å². The van der Waals surface area contributed by atoms with E-state index >= 15 is 0 Å². The van der Waals surface area contributed by atoms with Gasteiger partial charge in [0.1, 0.15) is 0 Å². The highest BCUT2D eigenvalue weighted by Crippen LogP contribution is 2.23. The Labute approximate surface area is 120 Å². The number of amides is 1. The second-order valence-electron chi connectivity index (χ2n) is 5.31. The number of allylic oxidation sites excluding steroid dienone is 1. The van der Waals surface area contributed by atoms with Gasteiger partial charge in [-0.15, -0.1) is 0 Å². The number of benzene rings is 1. The summed E-state index contributed by atoms with van der Waals surface area (Å²) < 4.78 is 0. The zero-order valence-electron chi connectivity index (χ0n) is 12.0. The summed E-state index contributed by atoms with van der Waals surface area (Å²) in [6, 6.07) is 10.0. The van der Waals surface area contributed by atoms with Crippen LogP contribution in [0.4, 0.5) is 0 Å². The first-order valence-corrected chi connectivity index (χ1v) is 7.33. The molecule has 1 saturated carbocycles. The van der Waals surface area contributed by atoms with Crippen LogP contribution in [0.3, 0.4) is 0 Å². The summed E-state index contributed by atoms with van der Waals surface area (Å²) in [6.45, 7) is 1.89. The minimum atomic E-state index is 0.0668. The highest BCUT2D eigenvalue weighted by Gasteiger charge is 2.20. The van der Waals surface area contributed by atoms with Crippen LogP contribution in [0.1, 0.15) is 44.6 Å². The average molecular weight is 270 g/mol. The van der Waals surface area contributed by atoms with Crippen molar-refractivity contribution in [2.45, 2.75) is 39.0 Å². The number of carbonyl (C=O) groups is 1. The predicted molar refractivity (Wildman–Crippen MR) is 83.3 cm³/mol. The minimum Gasteiger partial charge on any atom is -0.273 e. The normalized spacial score (nSPS) is 17.4. The van der Waals surface area contributed by atoms with E-state index < -0.39 is 0 Å². The maximum atomic E-state index is 11.9. The van der Waals surface area contributed by atoms with Crippen molar-refractivity contribution in [3.8, 4) is 0 Å². The fourth-order valence-corrected chi connectivity index (χ4v) is 2.42. The highest BCUT2D eigenvalue weighted by atomic mass is 16.2. The van der Waals surface area contributed by atoms with E-state index in [0.717, 1.165) is 37.0 Å². The van der Waals surface area contributed by atoms with Crippen molar-refractivity contribution in [1.82, 2.24) is 5.43 Å². The third kappa shape index (κ3) is 4.65. The molecule has 1 amide bonds. The SMILES string of the molecule is CC(/C=C/c1ccccc1)=N\NC(=O)C1CCCCC1. The molecule has 1 aliphatic rings. The lowest BCUT2D eigenvalue weighted by Gasteiger charge is -2.19. The van der Waals surface area contributed by atoms with Crippen molar-refractivity contribution in [3.63, 3.8) is 0 Å². The molecular weight excluding hydrogens is 248 g/mol. The third-order valence-electron chi connectivity index (χ3n) is 3.63. The summed E-state index contributed by atoms with van der Waals surface area (Å²) in [5, 5.41) is 4.14. The molecule has 3 nitrogen and oxygen atoms in total. The summed E-state index contributed by atoms with van der Waals surface area (Å²) in [6.07, 6.45) is 9.48. The van der Waals surface area contributed by atoms with Crippen LogP contribution in [0.15, 0.2) is 41.5 Å². The van der Waals surface area contributed by atoms with Gasteiger partial charge in [0.25, 0.3) is 0 Å². The predicted octanol–water partition coefficient (Wildman–Crippen LogP) is 3.77. The molecule has 0 saturated heterocycles. The van der Waals surface area contributed by atoms with Crippen LogP contribution >= 0.6 is 0 Å². The van der Waals surface area contributed by atoms with Gasteiger partial charge >= 0.3 is 0 Å². The minimum absolute atomic E-state index is 0.0668.